The van der Waals surface area contributed by atoms with Gasteiger partial charge in [0.1, 0.15) is 5.78 Å². The normalized spacial score (nSPS) is 15.0. The molecule has 0 fully saturated rings. The number of carboxylic acid groups (broad SMARTS) is 1. The van der Waals surface area contributed by atoms with Crippen molar-refractivity contribution in [3.05, 3.63) is 53.1 Å². The van der Waals surface area contributed by atoms with E-state index in [0.717, 1.165) is 49.0 Å². The van der Waals surface area contributed by atoms with Crippen molar-refractivity contribution in [3.8, 4) is 0 Å². The molecule has 0 aliphatic rings. The van der Waals surface area contributed by atoms with Gasteiger partial charge in [-0.3, -0.25) is 9.59 Å². The lowest BCUT2D eigenvalue weighted by molar-refractivity contribution is -0.145. The van der Waals surface area contributed by atoms with Gasteiger partial charge < -0.3 is 10.2 Å². The molecule has 36 heavy (non-hydrogen) atoms. The molecule has 0 aliphatic carbocycles. The Morgan fingerprint density at radius 2 is 2.00 bits per heavy atom. The van der Waals surface area contributed by atoms with Gasteiger partial charge in [-0.05, 0) is 76.0 Å². The second kappa shape index (κ2) is 13.8. The minimum atomic E-state index is -1.20. The number of hydrogen-bond acceptors (Lipinski definition) is 5. The molecule has 2 N–H and O–H groups in total. The van der Waals surface area contributed by atoms with E-state index in [1.807, 2.05) is 6.92 Å². The van der Waals surface area contributed by atoms with Crippen molar-refractivity contribution in [1.29, 1.82) is 0 Å². The van der Waals surface area contributed by atoms with Crippen LogP contribution in [0.25, 0.3) is 10.2 Å². The Bertz CT molecular complexity index is 1070. The van der Waals surface area contributed by atoms with Crippen molar-refractivity contribution < 1.29 is 19.8 Å². The van der Waals surface area contributed by atoms with Gasteiger partial charge in [-0.2, -0.15) is 0 Å². The molecule has 2 aromatic rings. The van der Waals surface area contributed by atoms with E-state index in [4.69, 9.17) is 5.11 Å². The van der Waals surface area contributed by atoms with Crippen molar-refractivity contribution in [2.45, 2.75) is 92.1 Å². The molecule has 0 aliphatic heterocycles. The number of allylic oxidation sites excluding steroid dienone is 3. The van der Waals surface area contributed by atoms with E-state index in [-0.39, 0.29) is 11.7 Å². The first kappa shape index (κ1) is 29.9. The van der Waals surface area contributed by atoms with Crippen LogP contribution in [0.3, 0.4) is 0 Å². The van der Waals surface area contributed by atoms with Gasteiger partial charge in [0.25, 0.3) is 0 Å². The minimum Gasteiger partial charge on any atom is -0.481 e. The number of hydrogen-bond donors (Lipinski definition) is 2. The Morgan fingerprint density at radius 3 is 2.67 bits per heavy atom. The number of carboxylic acids is 1. The van der Waals surface area contributed by atoms with E-state index < -0.39 is 23.9 Å². The minimum absolute atomic E-state index is 0.0786. The Balaban J connectivity index is 1.81. The number of aliphatic hydroxyl groups excluding tert-OH is 1. The van der Waals surface area contributed by atoms with Crippen LogP contribution in [0.1, 0.15) is 83.2 Å². The monoisotopic (exact) mass is 513 g/mol. The topological polar surface area (TPSA) is 87.5 Å². The van der Waals surface area contributed by atoms with Gasteiger partial charge in [-0.1, -0.05) is 51.0 Å². The average Bonchev–Trinajstić information content (AvgIpc) is 3.17. The van der Waals surface area contributed by atoms with E-state index in [9.17, 15) is 14.7 Å². The van der Waals surface area contributed by atoms with Gasteiger partial charge in [0.05, 0.1) is 33.2 Å². The molecule has 0 bridgehead atoms. The van der Waals surface area contributed by atoms with Gasteiger partial charge in [-0.15, -0.1) is 17.9 Å². The number of rotatable bonds is 16. The predicted molar refractivity (Wildman–Crippen MR) is 149 cm³/mol. The summed E-state index contributed by atoms with van der Waals surface area (Å²) in [7, 11) is 0. The highest BCUT2D eigenvalue weighted by Crippen LogP contribution is 2.33. The number of aromatic nitrogens is 1. The number of nitrogens with zero attached hydrogens (tertiary/aromatic N) is 1. The number of fused-ring (bicyclic) bond motifs is 1. The summed E-state index contributed by atoms with van der Waals surface area (Å²) in [6.45, 7) is 13.5. The SMILES string of the molecule is C=CC[C@H](C[C@@H](C)CCC/C(C)=C\CCc1ccc2sc(C)nc2c1)C(=O)C(C)(C)[C@@H](O)CC(=O)O. The molecule has 0 spiro atoms. The Kier molecular flexibility index (Phi) is 11.5. The van der Waals surface area contributed by atoms with E-state index in [1.165, 1.54) is 15.8 Å². The fourth-order valence-corrected chi connectivity index (χ4v) is 5.59. The molecular weight excluding hydrogens is 470 g/mol. The quantitative estimate of drug-likeness (QED) is 0.230. The second-order valence-corrected chi connectivity index (χ2v) is 12.0. The number of ketones is 1. The molecule has 0 radical (unpaired) electrons. The van der Waals surface area contributed by atoms with Crippen molar-refractivity contribution in [1.82, 2.24) is 4.98 Å². The largest absolute Gasteiger partial charge is 0.481 e. The van der Waals surface area contributed by atoms with Gasteiger partial charge >= 0.3 is 5.97 Å². The number of thiazole rings is 1. The fourth-order valence-electron chi connectivity index (χ4n) is 4.79. The Hall–Kier alpha value is -2.31. The number of aryl methyl sites for hydroxylation is 2. The first-order chi connectivity index (χ1) is 16.9. The standard InChI is InChI=1S/C30H43NO4S/c1-7-10-24(29(35)30(5,6)27(32)19-28(33)34)17-21(3)13-8-11-20(2)12-9-14-23-15-16-26-25(18-23)31-22(4)36-26/h7,12,15-16,18,21,24,27,32H,1,8-11,13-14,17,19H2,2-6H3,(H,33,34)/b20-12-/t21-,24+,27-/m0/s1. The van der Waals surface area contributed by atoms with E-state index in [1.54, 1.807) is 31.3 Å². The predicted octanol–water partition coefficient (Wildman–Crippen LogP) is 7.30. The molecule has 0 amide bonds. The first-order valence-electron chi connectivity index (χ1n) is 13.0. The van der Waals surface area contributed by atoms with Gasteiger partial charge in [0.15, 0.2) is 0 Å². The summed E-state index contributed by atoms with van der Waals surface area (Å²) in [6.07, 6.45) is 8.84. The first-order valence-corrected chi connectivity index (χ1v) is 13.8. The number of benzene rings is 1. The summed E-state index contributed by atoms with van der Waals surface area (Å²) >= 11 is 1.73. The molecular formula is C30H43NO4S. The maximum absolute atomic E-state index is 13.2. The molecule has 0 saturated carbocycles. The van der Waals surface area contributed by atoms with Crippen LogP contribution in [0.5, 0.6) is 0 Å². The summed E-state index contributed by atoms with van der Waals surface area (Å²) in [5, 5.41) is 20.4. The van der Waals surface area contributed by atoms with Crippen LogP contribution >= 0.6 is 11.3 Å². The molecule has 1 heterocycles. The lowest BCUT2D eigenvalue weighted by Crippen LogP contribution is -2.42. The van der Waals surface area contributed by atoms with Crippen LogP contribution in [0.2, 0.25) is 0 Å². The lowest BCUT2D eigenvalue weighted by atomic mass is 9.72. The highest BCUT2D eigenvalue weighted by atomic mass is 32.1. The molecule has 198 valence electrons. The van der Waals surface area contributed by atoms with Gasteiger partial charge in [0.2, 0.25) is 0 Å². The smallest absolute Gasteiger partial charge is 0.306 e. The maximum Gasteiger partial charge on any atom is 0.306 e. The van der Waals surface area contributed by atoms with Gasteiger partial charge in [0, 0.05) is 5.92 Å². The molecule has 6 heteroatoms. The highest BCUT2D eigenvalue weighted by molar-refractivity contribution is 7.18. The summed E-state index contributed by atoms with van der Waals surface area (Å²) in [5.74, 6) is -1.08. The summed E-state index contributed by atoms with van der Waals surface area (Å²) in [5.41, 5.74) is 2.70. The van der Waals surface area contributed by atoms with Crippen LogP contribution in [-0.4, -0.2) is 33.1 Å². The third-order valence-electron chi connectivity index (χ3n) is 7.10. The number of Topliss-reactive ketones (excluding diaryl/α,β-unsaturated/α-hetero) is 1. The van der Waals surface area contributed by atoms with Crippen molar-refractivity contribution in [2.75, 3.05) is 0 Å². The Labute approximate surface area is 220 Å². The zero-order chi connectivity index (χ0) is 26.9. The van der Waals surface area contributed by atoms with Crippen LogP contribution in [0.15, 0.2) is 42.5 Å². The highest BCUT2D eigenvalue weighted by Gasteiger charge is 2.40. The summed E-state index contributed by atoms with van der Waals surface area (Å²) < 4.78 is 1.24. The molecule has 1 aromatic carbocycles. The van der Waals surface area contributed by atoms with Crippen molar-refractivity contribution in [2.24, 2.45) is 17.3 Å². The van der Waals surface area contributed by atoms with Gasteiger partial charge in [-0.25, -0.2) is 4.98 Å². The molecule has 0 saturated heterocycles. The molecule has 1 aromatic heterocycles. The van der Waals surface area contributed by atoms with E-state index in [2.05, 4.69) is 49.7 Å². The van der Waals surface area contributed by atoms with E-state index in [0.29, 0.717) is 12.3 Å². The number of carbonyl (C=O) groups is 2. The summed E-state index contributed by atoms with van der Waals surface area (Å²) in [6, 6.07) is 6.58. The summed E-state index contributed by atoms with van der Waals surface area (Å²) in [4.78, 5) is 28.8. The molecule has 0 unspecified atom stereocenters. The zero-order valence-corrected chi connectivity index (χ0v) is 23.4. The third kappa shape index (κ3) is 8.97. The van der Waals surface area contributed by atoms with Crippen LogP contribution in [-0.2, 0) is 16.0 Å². The lowest BCUT2D eigenvalue weighted by Gasteiger charge is -2.32. The number of aliphatic carboxylic acids is 1. The molecule has 5 nitrogen and oxygen atoms in total. The fraction of sp³-hybridized carbons (Fsp3) is 0.567. The molecule has 2 rings (SSSR count). The molecule has 3 atom stereocenters. The number of carbonyl (C=O) groups excluding carboxylic acids is 1. The maximum atomic E-state index is 13.2. The van der Waals surface area contributed by atoms with Crippen LogP contribution in [0, 0.1) is 24.2 Å². The van der Waals surface area contributed by atoms with Crippen molar-refractivity contribution in [3.63, 3.8) is 0 Å². The third-order valence-corrected chi connectivity index (χ3v) is 8.05. The van der Waals surface area contributed by atoms with Crippen LogP contribution < -0.4 is 0 Å². The van der Waals surface area contributed by atoms with Crippen molar-refractivity contribution >= 4 is 33.3 Å². The number of aliphatic hydroxyl groups is 1. The van der Waals surface area contributed by atoms with E-state index >= 15 is 0 Å². The van der Waals surface area contributed by atoms with Crippen LogP contribution in [0.4, 0.5) is 0 Å². The zero-order valence-electron chi connectivity index (χ0n) is 22.5. The second-order valence-electron chi connectivity index (χ2n) is 10.8. The average molecular weight is 514 g/mol. The Morgan fingerprint density at radius 1 is 1.28 bits per heavy atom.